The van der Waals surface area contributed by atoms with Crippen LogP contribution in [0.3, 0.4) is 0 Å². The normalized spacial score (nSPS) is 12.1. The van der Waals surface area contributed by atoms with Gasteiger partial charge in [-0.2, -0.15) is 11.8 Å². The zero-order chi connectivity index (χ0) is 11.8. The summed E-state index contributed by atoms with van der Waals surface area (Å²) in [6, 6.07) is 8.85. The number of hydrogen-bond acceptors (Lipinski definition) is 3. The van der Waals surface area contributed by atoms with E-state index in [-0.39, 0.29) is 5.91 Å². The Bertz CT molecular complexity index is 316. The summed E-state index contributed by atoms with van der Waals surface area (Å²) in [7, 11) is 0. The average molecular weight is 238 g/mol. The third kappa shape index (κ3) is 4.24. The zero-order valence-electron chi connectivity index (χ0n) is 9.48. The molecular formula is C12H18N2OS. The lowest BCUT2D eigenvalue weighted by atomic mass is 10.1. The monoisotopic (exact) mass is 238 g/mol. The highest BCUT2D eigenvalue weighted by atomic mass is 32.2. The Morgan fingerprint density at radius 2 is 2.12 bits per heavy atom. The molecule has 4 heteroatoms. The van der Waals surface area contributed by atoms with Crippen molar-refractivity contribution >= 4 is 17.7 Å². The van der Waals surface area contributed by atoms with Gasteiger partial charge in [0.1, 0.15) is 6.04 Å². The molecule has 1 aromatic rings. The SMILES string of the molecule is CSCCCNC(=O)[C@@H](N)c1ccccc1. The Kier molecular flexibility index (Phi) is 5.96. The molecular weight excluding hydrogens is 220 g/mol. The number of carbonyl (C=O) groups excluding carboxylic acids is 1. The molecule has 16 heavy (non-hydrogen) atoms. The second-order valence-corrected chi connectivity index (χ2v) is 4.51. The zero-order valence-corrected chi connectivity index (χ0v) is 10.3. The van der Waals surface area contributed by atoms with E-state index >= 15 is 0 Å². The summed E-state index contributed by atoms with van der Waals surface area (Å²) < 4.78 is 0. The van der Waals surface area contributed by atoms with Crippen molar-refractivity contribution in [2.45, 2.75) is 12.5 Å². The molecule has 3 N–H and O–H groups in total. The lowest BCUT2D eigenvalue weighted by Gasteiger charge is -2.12. The maximum atomic E-state index is 11.7. The van der Waals surface area contributed by atoms with Gasteiger partial charge in [-0.3, -0.25) is 4.79 Å². The van der Waals surface area contributed by atoms with Crippen LogP contribution in [0.25, 0.3) is 0 Å². The van der Waals surface area contributed by atoms with Crippen molar-refractivity contribution in [3.63, 3.8) is 0 Å². The summed E-state index contributed by atoms with van der Waals surface area (Å²) >= 11 is 1.78. The van der Waals surface area contributed by atoms with Crippen molar-refractivity contribution in [1.82, 2.24) is 5.32 Å². The van der Waals surface area contributed by atoms with Crippen LogP contribution >= 0.6 is 11.8 Å². The molecule has 0 aliphatic rings. The van der Waals surface area contributed by atoms with Gasteiger partial charge in [-0.15, -0.1) is 0 Å². The van der Waals surface area contributed by atoms with Crippen LogP contribution in [0.2, 0.25) is 0 Å². The van der Waals surface area contributed by atoms with E-state index in [9.17, 15) is 4.79 Å². The van der Waals surface area contributed by atoms with E-state index in [0.29, 0.717) is 6.54 Å². The maximum Gasteiger partial charge on any atom is 0.241 e. The summed E-state index contributed by atoms with van der Waals surface area (Å²) in [4.78, 5) is 11.7. The molecule has 0 spiro atoms. The van der Waals surface area contributed by atoms with Crippen molar-refractivity contribution in [3.05, 3.63) is 35.9 Å². The van der Waals surface area contributed by atoms with Gasteiger partial charge in [0.05, 0.1) is 0 Å². The topological polar surface area (TPSA) is 55.1 Å². The highest BCUT2D eigenvalue weighted by Crippen LogP contribution is 2.09. The molecule has 0 aliphatic carbocycles. The number of nitrogens with two attached hydrogens (primary N) is 1. The van der Waals surface area contributed by atoms with Crippen molar-refractivity contribution in [1.29, 1.82) is 0 Å². The van der Waals surface area contributed by atoms with Gasteiger partial charge in [-0.1, -0.05) is 30.3 Å². The molecule has 0 fully saturated rings. The van der Waals surface area contributed by atoms with Crippen LogP contribution in [0.1, 0.15) is 18.0 Å². The molecule has 0 aliphatic heterocycles. The number of benzene rings is 1. The molecule has 0 heterocycles. The first-order chi connectivity index (χ1) is 7.75. The largest absolute Gasteiger partial charge is 0.354 e. The van der Waals surface area contributed by atoms with Crippen molar-refractivity contribution in [2.75, 3.05) is 18.6 Å². The molecule has 3 nitrogen and oxygen atoms in total. The standard InChI is InChI=1S/C12H18N2OS/c1-16-9-5-8-14-12(15)11(13)10-6-3-2-4-7-10/h2-4,6-7,11H,5,8-9,13H2,1H3,(H,14,15)/t11-/m0/s1. The van der Waals surface area contributed by atoms with Crippen LogP contribution in [0.4, 0.5) is 0 Å². The van der Waals surface area contributed by atoms with Gasteiger partial charge in [-0.05, 0) is 24.0 Å². The minimum absolute atomic E-state index is 0.104. The highest BCUT2D eigenvalue weighted by molar-refractivity contribution is 7.98. The third-order valence-corrected chi connectivity index (χ3v) is 2.96. The smallest absolute Gasteiger partial charge is 0.241 e. The summed E-state index contributed by atoms with van der Waals surface area (Å²) in [5.41, 5.74) is 6.69. The summed E-state index contributed by atoms with van der Waals surface area (Å²) in [5, 5.41) is 2.84. The van der Waals surface area contributed by atoms with Gasteiger partial charge >= 0.3 is 0 Å². The molecule has 1 amide bonds. The number of amides is 1. The summed E-state index contributed by atoms with van der Waals surface area (Å²) in [6.45, 7) is 0.695. The van der Waals surface area contributed by atoms with Crippen molar-refractivity contribution < 1.29 is 4.79 Å². The lowest BCUT2D eigenvalue weighted by Crippen LogP contribution is -2.34. The van der Waals surface area contributed by atoms with Crippen LogP contribution in [-0.4, -0.2) is 24.5 Å². The Hall–Kier alpha value is -1.00. The molecule has 0 radical (unpaired) electrons. The average Bonchev–Trinajstić information content (AvgIpc) is 2.34. The molecule has 1 atom stereocenters. The second kappa shape index (κ2) is 7.30. The predicted octanol–water partition coefficient (Wildman–Crippen LogP) is 1.56. The van der Waals surface area contributed by atoms with E-state index in [2.05, 4.69) is 11.6 Å². The lowest BCUT2D eigenvalue weighted by molar-refractivity contribution is -0.122. The number of hydrogen-bond donors (Lipinski definition) is 2. The van der Waals surface area contributed by atoms with Gasteiger partial charge in [0.15, 0.2) is 0 Å². The van der Waals surface area contributed by atoms with Gasteiger partial charge in [-0.25, -0.2) is 0 Å². The number of rotatable bonds is 6. The first-order valence-electron chi connectivity index (χ1n) is 5.33. The van der Waals surface area contributed by atoms with E-state index in [1.54, 1.807) is 11.8 Å². The van der Waals surface area contributed by atoms with Crippen LogP contribution in [0.15, 0.2) is 30.3 Å². The summed E-state index contributed by atoms with van der Waals surface area (Å²) in [5.74, 6) is 0.952. The Morgan fingerprint density at radius 3 is 2.75 bits per heavy atom. The van der Waals surface area contributed by atoms with Gasteiger partial charge < -0.3 is 11.1 Å². The molecule has 0 unspecified atom stereocenters. The third-order valence-electron chi connectivity index (χ3n) is 2.27. The Balaban J connectivity index is 2.37. The second-order valence-electron chi connectivity index (χ2n) is 3.53. The van der Waals surface area contributed by atoms with E-state index in [1.807, 2.05) is 30.3 Å². The van der Waals surface area contributed by atoms with Crippen LogP contribution in [0, 0.1) is 0 Å². The Morgan fingerprint density at radius 1 is 1.44 bits per heavy atom. The van der Waals surface area contributed by atoms with Crippen LogP contribution in [0.5, 0.6) is 0 Å². The number of nitrogens with one attached hydrogen (secondary N) is 1. The minimum Gasteiger partial charge on any atom is -0.354 e. The van der Waals surface area contributed by atoms with Crippen molar-refractivity contribution in [2.24, 2.45) is 5.73 Å². The predicted molar refractivity (Wildman–Crippen MR) is 69.4 cm³/mol. The molecule has 0 aromatic heterocycles. The maximum absolute atomic E-state index is 11.7. The number of thioether (sulfide) groups is 1. The molecule has 1 rings (SSSR count). The van der Waals surface area contributed by atoms with Crippen LogP contribution < -0.4 is 11.1 Å². The molecule has 0 saturated heterocycles. The van der Waals surface area contributed by atoms with E-state index in [1.165, 1.54) is 0 Å². The minimum atomic E-state index is -0.560. The molecule has 0 bridgehead atoms. The van der Waals surface area contributed by atoms with E-state index in [0.717, 1.165) is 17.7 Å². The quantitative estimate of drug-likeness (QED) is 0.739. The first kappa shape index (κ1) is 13.1. The van der Waals surface area contributed by atoms with Crippen LogP contribution in [-0.2, 0) is 4.79 Å². The van der Waals surface area contributed by atoms with E-state index in [4.69, 9.17) is 5.73 Å². The molecule has 88 valence electrons. The molecule has 1 aromatic carbocycles. The van der Waals surface area contributed by atoms with Gasteiger partial charge in [0, 0.05) is 6.54 Å². The fraction of sp³-hybridized carbons (Fsp3) is 0.417. The van der Waals surface area contributed by atoms with E-state index < -0.39 is 6.04 Å². The fourth-order valence-electron chi connectivity index (χ4n) is 1.35. The number of carbonyl (C=O) groups is 1. The first-order valence-corrected chi connectivity index (χ1v) is 6.72. The highest BCUT2D eigenvalue weighted by Gasteiger charge is 2.13. The summed E-state index contributed by atoms with van der Waals surface area (Å²) in [6.07, 6.45) is 3.03. The fourth-order valence-corrected chi connectivity index (χ4v) is 1.78. The van der Waals surface area contributed by atoms with Gasteiger partial charge in [0.25, 0.3) is 0 Å². The van der Waals surface area contributed by atoms with Crippen molar-refractivity contribution in [3.8, 4) is 0 Å². The Labute approximate surface area is 101 Å². The van der Waals surface area contributed by atoms with Gasteiger partial charge in [0.2, 0.25) is 5.91 Å². The molecule has 0 saturated carbocycles.